The van der Waals surface area contributed by atoms with Crippen LogP contribution in [-0.2, 0) is 0 Å². The van der Waals surface area contributed by atoms with Crippen molar-refractivity contribution in [2.45, 2.75) is 13.3 Å². The molecule has 0 fully saturated rings. The summed E-state index contributed by atoms with van der Waals surface area (Å²) in [5.74, 6) is 0.136. The SMILES string of the molecule is CCCOc1ccc(C(=O)NC(=S)Nc2cccc(C(=O)Nc3ccccc3)c2)cc1. The minimum atomic E-state index is -0.336. The van der Waals surface area contributed by atoms with Gasteiger partial charge in [-0.15, -0.1) is 0 Å². The minimum Gasteiger partial charge on any atom is -0.494 e. The summed E-state index contributed by atoms with van der Waals surface area (Å²) in [5.41, 5.74) is 2.23. The highest BCUT2D eigenvalue weighted by Crippen LogP contribution is 2.15. The van der Waals surface area contributed by atoms with Crippen molar-refractivity contribution in [1.29, 1.82) is 0 Å². The first-order valence-electron chi connectivity index (χ1n) is 9.87. The van der Waals surface area contributed by atoms with Crippen LogP contribution in [0.5, 0.6) is 5.75 Å². The molecule has 3 N–H and O–H groups in total. The molecule has 3 rings (SSSR count). The van der Waals surface area contributed by atoms with E-state index in [1.807, 2.05) is 37.3 Å². The molecule has 0 unspecified atom stereocenters. The second-order valence-electron chi connectivity index (χ2n) is 6.68. The average Bonchev–Trinajstić information content (AvgIpc) is 2.78. The van der Waals surface area contributed by atoms with Crippen molar-refractivity contribution in [3.63, 3.8) is 0 Å². The van der Waals surface area contributed by atoms with Crippen LogP contribution >= 0.6 is 12.2 Å². The minimum absolute atomic E-state index is 0.136. The zero-order chi connectivity index (χ0) is 22.1. The predicted octanol–water partition coefficient (Wildman–Crippen LogP) is 4.85. The molecule has 0 radical (unpaired) electrons. The Hall–Kier alpha value is -3.71. The second kappa shape index (κ2) is 10.9. The van der Waals surface area contributed by atoms with Gasteiger partial charge >= 0.3 is 0 Å². The summed E-state index contributed by atoms with van der Waals surface area (Å²) in [5, 5.41) is 8.54. The maximum atomic E-state index is 12.5. The third-order valence-corrected chi connectivity index (χ3v) is 4.43. The summed E-state index contributed by atoms with van der Waals surface area (Å²) in [4.78, 5) is 24.9. The van der Waals surface area contributed by atoms with E-state index in [1.54, 1.807) is 48.5 Å². The fraction of sp³-hybridized carbons (Fsp3) is 0.125. The standard InChI is InChI=1S/C24H23N3O3S/c1-2-15-30-21-13-11-17(12-14-21)22(28)27-24(31)26-20-10-6-7-18(16-20)23(29)25-19-8-4-3-5-9-19/h3-14,16H,2,15H2,1H3,(H,25,29)(H2,26,27,28,31). The number of thiocarbonyl (C=S) groups is 1. The Kier molecular flexibility index (Phi) is 7.73. The van der Waals surface area contributed by atoms with E-state index in [1.165, 1.54) is 0 Å². The first-order valence-corrected chi connectivity index (χ1v) is 10.3. The van der Waals surface area contributed by atoms with E-state index in [2.05, 4.69) is 16.0 Å². The van der Waals surface area contributed by atoms with E-state index in [0.717, 1.165) is 6.42 Å². The van der Waals surface area contributed by atoms with Crippen molar-refractivity contribution in [1.82, 2.24) is 5.32 Å². The van der Waals surface area contributed by atoms with Crippen molar-refractivity contribution in [3.8, 4) is 5.75 Å². The van der Waals surface area contributed by atoms with E-state index >= 15 is 0 Å². The lowest BCUT2D eigenvalue weighted by atomic mass is 10.2. The molecule has 31 heavy (non-hydrogen) atoms. The quantitative estimate of drug-likeness (QED) is 0.464. The molecule has 0 aromatic heterocycles. The molecule has 0 aliphatic rings. The van der Waals surface area contributed by atoms with Gasteiger partial charge in [-0.05, 0) is 73.2 Å². The number of hydrogen-bond donors (Lipinski definition) is 3. The highest BCUT2D eigenvalue weighted by molar-refractivity contribution is 7.80. The summed E-state index contributed by atoms with van der Waals surface area (Å²) in [7, 11) is 0. The van der Waals surface area contributed by atoms with Crippen LogP contribution in [0.15, 0.2) is 78.9 Å². The lowest BCUT2D eigenvalue weighted by molar-refractivity contribution is 0.0976. The molecular formula is C24H23N3O3S. The van der Waals surface area contributed by atoms with Crippen molar-refractivity contribution in [2.24, 2.45) is 0 Å². The largest absolute Gasteiger partial charge is 0.494 e. The molecular weight excluding hydrogens is 410 g/mol. The van der Waals surface area contributed by atoms with E-state index in [-0.39, 0.29) is 16.9 Å². The molecule has 0 aliphatic carbocycles. The van der Waals surface area contributed by atoms with Crippen LogP contribution in [0, 0.1) is 0 Å². The van der Waals surface area contributed by atoms with Crippen LogP contribution in [0.25, 0.3) is 0 Å². The van der Waals surface area contributed by atoms with Gasteiger partial charge in [0.25, 0.3) is 11.8 Å². The molecule has 0 spiro atoms. The van der Waals surface area contributed by atoms with E-state index in [4.69, 9.17) is 17.0 Å². The Morgan fingerprint density at radius 2 is 1.52 bits per heavy atom. The summed E-state index contributed by atoms with van der Waals surface area (Å²) in [6, 6.07) is 22.9. The molecule has 3 aromatic carbocycles. The van der Waals surface area contributed by atoms with E-state index in [0.29, 0.717) is 34.9 Å². The van der Waals surface area contributed by atoms with Crippen LogP contribution in [0.3, 0.4) is 0 Å². The molecule has 0 heterocycles. The Bertz CT molecular complexity index is 1050. The number of nitrogens with one attached hydrogen (secondary N) is 3. The van der Waals surface area contributed by atoms with Gasteiger partial charge in [0.2, 0.25) is 0 Å². The highest BCUT2D eigenvalue weighted by atomic mass is 32.1. The molecule has 6 nitrogen and oxygen atoms in total. The Balaban J connectivity index is 1.57. The Morgan fingerprint density at radius 1 is 0.806 bits per heavy atom. The van der Waals surface area contributed by atoms with E-state index in [9.17, 15) is 9.59 Å². The van der Waals surface area contributed by atoms with Crippen LogP contribution in [0.2, 0.25) is 0 Å². The average molecular weight is 434 g/mol. The summed E-state index contributed by atoms with van der Waals surface area (Å²) in [6.45, 7) is 2.66. The first kappa shape index (κ1) is 22.0. The Morgan fingerprint density at radius 3 is 2.23 bits per heavy atom. The number of amides is 2. The maximum Gasteiger partial charge on any atom is 0.257 e. The number of para-hydroxylation sites is 1. The summed E-state index contributed by atoms with van der Waals surface area (Å²) in [6.07, 6.45) is 0.914. The molecule has 0 bridgehead atoms. The zero-order valence-corrected chi connectivity index (χ0v) is 17.9. The predicted molar refractivity (Wildman–Crippen MR) is 127 cm³/mol. The third-order valence-electron chi connectivity index (χ3n) is 4.23. The number of carbonyl (C=O) groups is 2. The van der Waals surface area contributed by atoms with Crippen LogP contribution < -0.4 is 20.7 Å². The first-order chi connectivity index (χ1) is 15.0. The highest BCUT2D eigenvalue weighted by Gasteiger charge is 2.10. The van der Waals surface area contributed by atoms with Gasteiger partial charge in [0.1, 0.15) is 5.75 Å². The normalized spacial score (nSPS) is 10.1. The lowest BCUT2D eigenvalue weighted by Gasteiger charge is -2.11. The summed E-state index contributed by atoms with van der Waals surface area (Å²) >= 11 is 5.24. The fourth-order valence-corrected chi connectivity index (χ4v) is 2.93. The van der Waals surface area contributed by atoms with Crippen molar-refractivity contribution in [3.05, 3.63) is 90.0 Å². The van der Waals surface area contributed by atoms with Crippen molar-refractivity contribution < 1.29 is 14.3 Å². The maximum absolute atomic E-state index is 12.5. The lowest BCUT2D eigenvalue weighted by Crippen LogP contribution is -2.34. The summed E-state index contributed by atoms with van der Waals surface area (Å²) < 4.78 is 5.52. The van der Waals surface area contributed by atoms with Crippen molar-refractivity contribution in [2.75, 3.05) is 17.2 Å². The van der Waals surface area contributed by atoms with Gasteiger partial charge in [-0.1, -0.05) is 31.2 Å². The molecule has 2 amide bonds. The van der Waals surface area contributed by atoms with Gasteiger partial charge in [-0.25, -0.2) is 0 Å². The van der Waals surface area contributed by atoms with Gasteiger partial charge in [0.05, 0.1) is 6.61 Å². The Labute approximate surface area is 186 Å². The number of benzene rings is 3. The smallest absolute Gasteiger partial charge is 0.257 e. The topological polar surface area (TPSA) is 79.5 Å². The number of anilines is 2. The fourth-order valence-electron chi connectivity index (χ4n) is 2.72. The third kappa shape index (κ3) is 6.65. The zero-order valence-electron chi connectivity index (χ0n) is 17.1. The number of rotatable bonds is 7. The molecule has 158 valence electrons. The molecule has 0 atom stereocenters. The molecule has 3 aromatic rings. The van der Waals surface area contributed by atoms with Crippen LogP contribution in [0.1, 0.15) is 34.1 Å². The van der Waals surface area contributed by atoms with Gasteiger partial charge in [0.15, 0.2) is 5.11 Å². The van der Waals surface area contributed by atoms with Gasteiger partial charge < -0.3 is 15.4 Å². The molecule has 7 heteroatoms. The molecule has 0 saturated carbocycles. The number of hydrogen-bond acceptors (Lipinski definition) is 4. The van der Waals surface area contributed by atoms with Gasteiger partial charge in [-0.3, -0.25) is 14.9 Å². The number of carbonyl (C=O) groups excluding carboxylic acids is 2. The van der Waals surface area contributed by atoms with Crippen molar-refractivity contribution >= 4 is 40.5 Å². The van der Waals surface area contributed by atoms with Crippen LogP contribution in [-0.4, -0.2) is 23.5 Å². The molecule has 0 saturated heterocycles. The van der Waals surface area contributed by atoms with Gasteiger partial charge in [0, 0.05) is 22.5 Å². The van der Waals surface area contributed by atoms with E-state index < -0.39 is 0 Å². The van der Waals surface area contributed by atoms with Crippen LogP contribution in [0.4, 0.5) is 11.4 Å². The monoisotopic (exact) mass is 433 g/mol. The number of ether oxygens (including phenoxy) is 1. The second-order valence-corrected chi connectivity index (χ2v) is 7.09. The van der Waals surface area contributed by atoms with Gasteiger partial charge in [-0.2, -0.15) is 0 Å². The molecule has 0 aliphatic heterocycles.